The van der Waals surface area contributed by atoms with Gasteiger partial charge in [0, 0.05) is 30.0 Å². The molecule has 0 radical (unpaired) electrons. The summed E-state index contributed by atoms with van der Waals surface area (Å²) in [4.78, 5) is 17.1. The van der Waals surface area contributed by atoms with Gasteiger partial charge in [0.15, 0.2) is 5.17 Å². The van der Waals surface area contributed by atoms with Crippen LogP contribution in [0.4, 0.5) is 14.9 Å². The summed E-state index contributed by atoms with van der Waals surface area (Å²) >= 11 is 1.45. The van der Waals surface area contributed by atoms with Crippen LogP contribution in [0.2, 0.25) is 0 Å². The van der Waals surface area contributed by atoms with Crippen LogP contribution in [-0.4, -0.2) is 35.8 Å². The number of carbonyl (C=O) groups excluding carboxylic acids is 1. The first-order valence-electron chi connectivity index (χ1n) is 9.44. The second-order valence-electron chi connectivity index (χ2n) is 8.35. The first-order valence-corrected chi connectivity index (χ1v) is 10.4. The number of ether oxygens (including phenoxy) is 2. The lowest BCUT2D eigenvalue weighted by Crippen LogP contribution is -2.48. The Hall–Kier alpha value is -1.80. The van der Waals surface area contributed by atoms with Gasteiger partial charge in [-0.15, -0.1) is 0 Å². The summed E-state index contributed by atoms with van der Waals surface area (Å²) < 4.78 is 25.7. The van der Waals surface area contributed by atoms with Crippen LogP contribution in [0.3, 0.4) is 0 Å². The predicted molar refractivity (Wildman–Crippen MR) is 110 cm³/mol. The molecular weight excluding hydrogens is 381 g/mol. The van der Waals surface area contributed by atoms with Crippen molar-refractivity contribution >= 4 is 28.7 Å². The van der Waals surface area contributed by atoms with Gasteiger partial charge in [0.2, 0.25) is 0 Å². The minimum atomic E-state index is -0.774. The summed E-state index contributed by atoms with van der Waals surface area (Å²) in [5, 5.41) is 3.18. The number of thioether (sulfide) groups is 1. The number of hydrogen-bond donors (Lipinski definition) is 2. The molecular formula is C20H28FN3O3S. The van der Waals surface area contributed by atoms with Crippen LogP contribution >= 0.6 is 11.8 Å². The van der Waals surface area contributed by atoms with Gasteiger partial charge in [-0.25, -0.2) is 9.18 Å². The largest absolute Gasteiger partial charge is 0.444 e. The van der Waals surface area contributed by atoms with Gasteiger partial charge in [-0.3, -0.25) is 10.3 Å². The molecule has 0 saturated heterocycles. The summed E-state index contributed by atoms with van der Waals surface area (Å²) in [7, 11) is 1.70. The van der Waals surface area contributed by atoms with E-state index in [-0.39, 0.29) is 17.8 Å². The molecule has 0 spiro atoms. The molecule has 3 atom stereocenters. The molecule has 1 aliphatic heterocycles. The molecule has 28 heavy (non-hydrogen) atoms. The molecule has 1 amide bonds. The highest BCUT2D eigenvalue weighted by molar-refractivity contribution is 8.13. The Kier molecular flexibility index (Phi) is 5.91. The lowest BCUT2D eigenvalue weighted by molar-refractivity contribution is 0.0227. The fourth-order valence-electron chi connectivity index (χ4n) is 3.92. The normalized spacial score (nSPS) is 27.5. The number of amidine groups is 1. The maximum Gasteiger partial charge on any atom is 0.413 e. The van der Waals surface area contributed by atoms with E-state index < -0.39 is 17.2 Å². The van der Waals surface area contributed by atoms with E-state index in [1.54, 1.807) is 40.0 Å². The lowest BCUT2D eigenvalue weighted by atomic mass is 9.68. The lowest BCUT2D eigenvalue weighted by Gasteiger charge is -2.46. The molecule has 2 aliphatic rings. The van der Waals surface area contributed by atoms with Crippen LogP contribution in [-0.2, 0) is 15.0 Å². The monoisotopic (exact) mass is 409 g/mol. The highest BCUT2D eigenvalue weighted by Crippen LogP contribution is 2.50. The molecule has 0 aromatic heterocycles. The van der Waals surface area contributed by atoms with E-state index in [1.807, 2.05) is 0 Å². The second kappa shape index (κ2) is 7.91. The molecule has 1 unspecified atom stereocenters. The molecule has 1 fully saturated rings. The summed E-state index contributed by atoms with van der Waals surface area (Å²) in [6, 6.07) is 4.60. The van der Waals surface area contributed by atoms with Crippen LogP contribution in [0, 0.1) is 11.7 Å². The number of carbonyl (C=O) groups is 1. The second-order valence-corrected chi connectivity index (χ2v) is 9.36. The van der Waals surface area contributed by atoms with E-state index in [2.05, 4.69) is 5.32 Å². The molecule has 3 rings (SSSR count). The number of nitrogens with zero attached hydrogens (tertiary/aromatic N) is 1. The summed E-state index contributed by atoms with van der Waals surface area (Å²) in [6.07, 6.45) is 1.72. The number of alkyl carbamates (subject to hydrolysis) is 1. The van der Waals surface area contributed by atoms with E-state index >= 15 is 0 Å². The van der Waals surface area contributed by atoms with Crippen molar-refractivity contribution in [1.29, 1.82) is 0 Å². The molecule has 0 bridgehead atoms. The number of benzene rings is 1. The van der Waals surface area contributed by atoms with Crippen LogP contribution in [0.25, 0.3) is 0 Å². The van der Waals surface area contributed by atoms with Gasteiger partial charge in [0.25, 0.3) is 0 Å². The van der Waals surface area contributed by atoms with Crippen LogP contribution in [0.15, 0.2) is 23.2 Å². The average molecular weight is 410 g/mol. The Bertz CT molecular complexity index is 780. The molecule has 1 aliphatic carbocycles. The minimum Gasteiger partial charge on any atom is -0.444 e. The van der Waals surface area contributed by atoms with Gasteiger partial charge in [-0.2, -0.15) is 0 Å². The standard InChI is InChI=1S/C20H28FN3O3S/c1-19(2,3)27-18(25)23-17-24-20(15-10-13(22)5-6-16(15)21)8-7-14(26-4)9-12(20)11-28-17/h5-6,10,12,14H,7-9,11,22H2,1-4H3,(H,23,24,25)/t12-,14+,20?/m0/s1. The van der Waals surface area contributed by atoms with Crippen molar-refractivity contribution in [2.75, 3.05) is 18.6 Å². The van der Waals surface area contributed by atoms with Crippen LogP contribution < -0.4 is 11.1 Å². The molecule has 1 saturated carbocycles. The smallest absolute Gasteiger partial charge is 0.413 e. The third-order valence-corrected chi connectivity index (χ3v) is 6.23. The minimum absolute atomic E-state index is 0.0803. The predicted octanol–water partition coefficient (Wildman–Crippen LogP) is 4.05. The maximum atomic E-state index is 14.8. The topological polar surface area (TPSA) is 85.9 Å². The Morgan fingerprint density at radius 2 is 2.18 bits per heavy atom. The van der Waals surface area contributed by atoms with Crippen LogP contribution in [0.5, 0.6) is 0 Å². The van der Waals surface area contributed by atoms with Crippen molar-refractivity contribution in [3.63, 3.8) is 0 Å². The van der Waals surface area contributed by atoms with Crippen molar-refractivity contribution in [2.45, 2.75) is 57.3 Å². The fraction of sp³-hybridized carbons (Fsp3) is 0.600. The van der Waals surface area contributed by atoms with E-state index in [9.17, 15) is 9.18 Å². The highest BCUT2D eigenvalue weighted by atomic mass is 32.2. The molecule has 1 aromatic rings. The van der Waals surface area contributed by atoms with Gasteiger partial charge >= 0.3 is 6.09 Å². The van der Waals surface area contributed by atoms with Crippen molar-refractivity contribution in [3.05, 3.63) is 29.6 Å². The van der Waals surface area contributed by atoms with Crippen molar-refractivity contribution in [2.24, 2.45) is 10.9 Å². The first kappa shape index (κ1) is 20.9. The number of fused-ring (bicyclic) bond motifs is 1. The number of aliphatic imine (C=N–C) groups is 1. The quantitative estimate of drug-likeness (QED) is 0.720. The number of amides is 1. The van der Waals surface area contributed by atoms with Gasteiger partial charge in [0.05, 0.1) is 11.6 Å². The number of nitrogens with one attached hydrogen (secondary N) is 1. The summed E-state index contributed by atoms with van der Waals surface area (Å²) in [5.74, 6) is 0.446. The molecule has 6 nitrogen and oxygen atoms in total. The first-order chi connectivity index (χ1) is 13.1. The molecule has 3 N–H and O–H groups in total. The Balaban J connectivity index is 1.97. The number of methoxy groups -OCH3 is 1. The van der Waals surface area contributed by atoms with Gasteiger partial charge < -0.3 is 15.2 Å². The SMILES string of the molecule is CO[C@@H]1CCC2(c3cc(N)ccc3F)N=C(NC(=O)OC(C)(C)C)SC[C@@H]2C1. The Morgan fingerprint density at radius 1 is 1.43 bits per heavy atom. The number of hydrogen-bond acceptors (Lipinski definition) is 6. The third-order valence-electron chi connectivity index (χ3n) is 5.19. The molecule has 154 valence electrons. The van der Waals surface area contributed by atoms with E-state index in [4.69, 9.17) is 20.2 Å². The van der Waals surface area contributed by atoms with Gasteiger partial charge in [0.1, 0.15) is 11.4 Å². The summed E-state index contributed by atoms with van der Waals surface area (Å²) in [5.41, 5.74) is 5.55. The maximum absolute atomic E-state index is 14.8. The van der Waals surface area contributed by atoms with Crippen molar-refractivity contribution in [1.82, 2.24) is 5.32 Å². The number of halogens is 1. The Morgan fingerprint density at radius 3 is 2.86 bits per heavy atom. The van der Waals surface area contributed by atoms with Gasteiger partial charge in [-0.1, -0.05) is 11.8 Å². The molecule has 1 aromatic carbocycles. The van der Waals surface area contributed by atoms with E-state index in [0.29, 0.717) is 28.6 Å². The number of nitrogen functional groups attached to an aromatic ring is 1. The Labute approximate surface area is 169 Å². The summed E-state index contributed by atoms with van der Waals surface area (Å²) in [6.45, 7) is 5.40. The van der Waals surface area contributed by atoms with Crippen LogP contribution in [0.1, 0.15) is 45.6 Å². The third kappa shape index (κ3) is 4.43. The zero-order valence-electron chi connectivity index (χ0n) is 16.8. The van der Waals surface area contributed by atoms with E-state index in [0.717, 1.165) is 12.8 Å². The molecule has 8 heteroatoms. The highest BCUT2D eigenvalue weighted by Gasteiger charge is 2.49. The number of anilines is 1. The number of rotatable bonds is 2. The average Bonchev–Trinajstić information content (AvgIpc) is 2.61. The zero-order valence-corrected chi connectivity index (χ0v) is 17.6. The van der Waals surface area contributed by atoms with E-state index in [1.165, 1.54) is 17.8 Å². The van der Waals surface area contributed by atoms with Crippen molar-refractivity contribution in [3.8, 4) is 0 Å². The van der Waals surface area contributed by atoms with Crippen molar-refractivity contribution < 1.29 is 18.7 Å². The van der Waals surface area contributed by atoms with Gasteiger partial charge in [-0.05, 0) is 58.2 Å². The molecule has 1 heterocycles. The fourth-order valence-corrected chi connectivity index (χ4v) is 5.07. The zero-order chi connectivity index (χ0) is 20.5. The number of nitrogens with two attached hydrogens (primary N) is 1.